The first-order valence-electron chi connectivity index (χ1n) is 9.71. The number of hydrogen-bond donors (Lipinski definition) is 0. The van der Waals surface area contributed by atoms with Gasteiger partial charge in [0, 0.05) is 26.2 Å². The minimum atomic E-state index is 0.137. The van der Waals surface area contributed by atoms with E-state index < -0.39 is 0 Å². The summed E-state index contributed by atoms with van der Waals surface area (Å²) in [6.07, 6.45) is 0.854. The van der Waals surface area contributed by atoms with Gasteiger partial charge in [0.05, 0.1) is 12.8 Å². The maximum atomic E-state index is 12.6. The van der Waals surface area contributed by atoms with Crippen molar-refractivity contribution in [3.8, 4) is 0 Å². The smallest absolute Gasteiger partial charge is 0.227 e. The first kappa shape index (κ1) is 19.2. The highest BCUT2D eigenvalue weighted by Gasteiger charge is 2.24. The van der Waals surface area contributed by atoms with Crippen LogP contribution in [0.15, 0.2) is 54.6 Å². The summed E-state index contributed by atoms with van der Waals surface area (Å²) < 4.78 is 0. The van der Waals surface area contributed by atoms with Crippen LogP contribution in [0.1, 0.15) is 36.5 Å². The number of amides is 2. The Morgan fingerprint density at radius 1 is 0.741 bits per heavy atom. The quantitative estimate of drug-likeness (QED) is 0.817. The maximum Gasteiger partial charge on any atom is 0.227 e. The number of carbonyl (C=O) groups excluding carboxylic acids is 2. The summed E-state index contributed by atoms with van der Waals surface area (Å²) in [5, 5.41) is 0. The fraction of sp³-hybridized carbons (Fsp3) is 0.391. The lowest BCUT2D eigenvalue weighted by molar-refractivity contribution is -0.138. The molecule has 3 rings (SSSR count). The SMILES string of the molecule is CC(C)c1ccc(CC(=O)N2CCN(C(=O)Cc3ccccc3)CC2)cc1. The lowest BCUT2D eigenvalue weighted by Crippen LogP contribution is -2.51. The molecule has 0 atom stereocenters. The van der Waals surface area contributed by atoms with Crippen molar-refractivity contribution in [2.24, 2.45) is 0 Å². The van der Waals surface area contributed by atoms with Crippen LogP contribution < -0.4 is 0 Å². The molecular weight excluding hydrogens is 336 g/mol. The molecule has 1 aliphatic heterocycles. The molecule has 27 heavy (non-hydrogen) atoms. The number of hydrogen-bond acceptors (Lipinski definition) is 2. The Morgan fingerprint density at radius 3 is 1.63 bits per heavy atom. The monoisotopic (exact) mass is 364 g/mol. The Hall–Kier alpha value is -2.62. The Kier molecular flexibility index (Phi) is 6.28. The average Bonchev–Trinajstić information content (AvgIpc) is 2.69. The lowest BCUT2D eigenvalue weighted by Gasteiger charge is -2.35. The van der Waals surface area contributed by atoms with Crippen LogP contribution >= 0.6 is 0 Å². The minimum Gasteiger partial charge on any atom is -0.339 e. The largest absolute Gasteiger partial charge is 0.339 e. The summed E-state index contributed by atoms with van der Waals surface area (Å²) in [4.78, 5) is 28.8. The van der Waals surface area contributed by atoms with Gasteiger partial charge < -0.3 is 9.80 Å². The van der Waals surface area contributed by atoms with Gasteiger partial charge in [-0.3, -0.25) is 9.59 Å². The fourth-order valence-corrected chi connectivity index (χ4v) is 3.39. The first-order valence-corrected chi connectivity index (χ1v) is 9.71. The van der Waals surface area contributed by atoms with E-state index in [9.17, 15) is 9.59 Å². The summed E-state index contributed by atoms with van der Waals surface area (Å²) >= 11 is 0. The third kappa shape index (κ3) is 5.19. The van der Waals surface area contributed by atoms with Crippen LogP contribution in [0.4, 0.5) is 0 Å². The predicted molar refractivity (Wildman–Crippen MR) is 108 cm³/mol. The fourth-order valence-electron chi connectivity index (χ4n) is 3.39. The molecule has 1 aliphatic rings. The molecule has 0 unspecified atom stereocenters. The van der Waals surface area contributed by atoms with Crippen LogP contribution in [-0.4, -0.2) is 47.8 Å². The van der Waals surface area contributed by atoms with Crippen molar-refractivity contribution in [2.75, 3.05) is 26.2 Å². The summed E-state index contributed by atoms with van der Waals surface area (Å²) in [6, 6.07) is 18.1. The Balaban J connectivity index is 1.48. The van der Waals surface area contributed by atoms with E-state index in [1.54, 1.807) is 0 Å². The second kappa shape index (κ2) is 8.85. The molecule has 0 N–H and O–H groups in total. The maximum absolute atomic E-state index is 12.6. The van der Waals surface area contributed by atoms with Crippen molar-refractivity contribution in [3.63, 3.8) is 0 Å². The van der Waals surface area contributed by atoms with Gasteiger partial charge in [-0.2, -0.15) is 0 Å². The van der Waals surface area contributed by atoms with Crippen molar-refractivity contribution in [1.82, 2.24) is 9.80 Å². The number of nitrogens with zero attached hydrogens (tertiary/aromatic N) is 2. The molecule has 0 spiro atoms. The zero-order valence-corrected chi connectivity index (χ0v) is 16.2. The van der Waals surface area contributed by atoms with Crippen molar-refractivity contribution in [3.05, 3.63) is 71.3 Å². The van der Waals surface area contributed by atoms with Gasteiger partial charge in [-0.15, -0.1) is 0 Å². The van der Waals surface area contributed by atoms with Crippen LogP contribution in [0.5, 0.6) is 0 Å². The average molecular weight is 364 g/mol. The number of benzene rings is 2. The molecule has 0 aliphatic carbocycles. The zero-order valence-electron chi connectivity index (χ0n) is 16.2. The summed E-state index contributed by atoms with van der Waals surface area (Å²) in [6.45, 7) is 6.79. The van der Waals surface area contributed by atoms with Crippen LogP contribution in [0.3, 0.4) is 0 Å². The minimum absolute atomic E-state index is 0.137. The summed E-state index contributed by atoms with van der Waals surface area (Å²) in [5.74, 6) is 0.774. The van der Waals surface area contributed by atoms with E-state index in [0.29, 0.717) is 44.9 Å². The standard InChI is InChI=1S/C23H28N2O2/c1-18(2)21-10-8-20(9-11-21)17-23(27)25-14-12-24(13-15-25)22(26)16-19-6-4-3-5-7-19/h3-11,18H,12-17H2,1-2H3. The van der Waals surface area contributed by atoms with Gasteiger partial charge in [0.15, 0.2) is 0 Å². The molecular formula is C23H28N2O2. The Bertz CT molecular complexity index is 761. The molecule has 1 heterocycles. The van der Waals surface area contributed by atoms with Gasteiger partial charge >= 0.3 is 0 Å². The highest BCUT2D eigenvalue weighted by Crippen LogP contribution is 2.16. The second-order valence-corrected chi connectivity index (χ2v) is 7.50. The molecule has 0 aromatic heterocycles. The van der Waals surface area contributed by atoms with Gasteiger partial charge in [-0.25, -0.2) is 0 Å². The van der Waals surface area contributed by atoms with Crippen LogP contribution in [0, 0.1) is 0 Å². The first-order chi connectivity index (χ1) is 13.0. The van der Waals surface area contributed by atoms with Gasteiger partial charge in [-0.05, 0) is 22.6 Å². The lowest BCUT2D eigenvalue weighted by atomic mass is 10.0. The molecule has 0 saturated carbocycles. The van der Waals surface area contributed by atoms with Crippen LogP contribution in [-0.2, 0) is 22.4 Å². The highest BCUT2D eigenvalue weighted by atomic mass is 16.2. The molecule has 2 aromatic carbocycles. The normalized spacial score (nSPS) is 14.5. The molecule has 4 heteroatoms. The van der Waals surface area contributed by atoms with Gasteiger partial charge in [0.1, 0.15) is 0 Å². The Morgan fingerprint density at radius 2 is 1.19 bits per heavy atom. The second-order valence-electron chi connectivity index (χ2n) is 7.50. The predicted octanol–water partition coefficient (Wildman–Crippen LogP) is 3.27. The van der Waals surface area contributed by atoms with Gasteiger partial charge in [0.25, 0.3) is 0 Å². The molecule has 1 saturated heterocycles. The van der Waals surface area contributed by atoms with Crippen molar-refractivity contribution in [1.29, 1.82) is 0 Å². The van der Waals surface area contributed by atoms with Crippen molar-refractivity contribution < 1.29 is 9.59 Å². The number of rotatable bonds is 5. The zero-order chi connectivity index (χ0) is 19.2. The van der Waals surface area contributed by atoms with Crippen molar-refractivity contribution in [2.45, 2.75) is 32.6 Å². The van der Waals surface area contributed by atoms with Gasteiger partial charge in [0.2, 0.25) is 11.8 Å². The molecule has 2 amide bonds. The molecule has 142 valence electrons. The number of piperazine rings is 1. The molecule has 4 nitrogen and oxygen atoms in total. The topological polar surface area (TPSA) is 40.6 Å². The van der Waals surface area contributed by atoms with Crippen molar-refractivity contribution >= 4 is 11.8 Å². The van der Waals surface area contributed by atoms with Crippen LogP contribution in [0.2, 0.25) is 0 Å². The van der Waals surface area contributed by atoms with E-state index in [4.69, 9.17) is 0 Å². The highest BCUT2D eigenvalue weighted by molar-refractivity contribution is 5.81. The Labute approximate surface area is 161 Å². The third-order valence-electron chi connectivity index (χ3n) is 5.18. The van der Waals surface area contributed by atoms with E-state index in [1.165, 1.54) is 5.56 Å². The van der Waals surface area contributed by atoms with E-state index in [0.717, 1.165) is 11.1 Å². The number of carbonyl (C=O) groups is 2. The molecule has 0 bridgehead atoms. The van der Waals surface area contributed by atoms with Gasteiger partial charge in [-0.1, -0.05) is 68.4 Å². The molecule has 2 aromatic rings. The van der Waals surface area contributed by atoms with E-state index in [1.807, 2.05) is 52.3 Å². The summed E-state index contributed by atoms with van der Waals surface area (Å²) in [5.41, 5.74) is 3.37. The molecule has 1 fully saturated rings. The molecule has 0 radical (unpaired) electrons. The summed E-state index contributed by atoms with van der Waals surface area (Å²) in [7, 11) is 0. The third-order valence-corrected chi connectivity index (χ3v) is 5.18. The van der Waals surface area contributed by atoms with E-state index >= 15 is 0 Å². The van der Waals surface area contributed by atoms with Crippen LogP contribution in [0.25, 0.3) is 0 Å². The van der Waals surface area contributed by atoms with E-state index in [-0.39, 0.29) is 11.8 Å². The van der Waals surface area contributed by atoms with E-state index in [2.05, 4.69) is 26.0 Å².